The van der Waals surface area contributed by atoms with Crippen molar-refractivity contribution in [1.82, 2.24) is 15.0 Å². The van der Waals surface area contributed by atoms with Crippen LogP contribution in [-0.2, 0) is 20.1 Å². The van der Waals surface area contributed by atoms with Crippen molar-refractivity contribution in [3.05, 3.63) is 212 Å². The number of hydrogen-bond acceptors (Lipinski definition) is 6. The van der Waals surface area contributed by atoms with E-state index in [1.807, 2.05) is 55.0 Å². The predicted molar refractivity (Wildman–Crippen MR) is 322 cm³/mol. The van der Waals surface area contributed by atoms with E-state index >= 15 is 0 Å². The summed E-state index contributed by atoms with van der Waals surface area (Å²) in [5, 5.41) is 0. The first-order valence-electron chi connectivity index (χ1n) is 25.0. The third kappa shape index (κ3) is 12.5. The molecule has 76 heavy (non-hydrogen) atoms. The van der Waals surface area contributed by atoms with E-state index in [1.165, 1.54) is 0 Å². The Morgan fingerprint density at radius 2 is 0.684 bits per heavy atom. The molecule has 6 aromatic carbocycles. The number of benzene rings is 6. The summed E-state index contributed by atoms with van der Waals surface area (Å²) in [6, 6.07) is 59.9. The van der Waals surface area contributed by atoms with Gasteiger partial charge in [-0.2, -0.15) is 0 Å². The number of hydrogen-bond donors (Lipinski definition) is 0. The van der Waals surface area contributed by atoms with E-state index in [1.54, 1.807) is 0 Å². The van der Waals surface area contributed by atoms with Crippen molar-refractivity contribution >= 4 is 83.5 Å². The van der Waals surface area contributed by atoms with Gasteiger partial charge in [0.25, 0.3) is 0 Å². The quantitative estimate of drug-likeness (QED) is 0.0903. The maximum atomic E-state index is 5.19. The second-order valence-corrected chi connectivity index (χ2v) is 23.3. The summed E-state index contributed by atoms with van der Waals surface area (Å²) in [6.45, 7) is 13.3. The molecule has 3 heterocycles. The van der Waals surface area contributed by atoms with Crippen molar-refractivity contribution < 1.29 is 20.1 Å². The van der Waals surface area contributed by atoms with E-state index in [-0.39, 0.29) is 36.4 Å². The fraction of sp³-hybridized carbons (Fsp3) is 0.182. The van der Waals surface area contributed by atoms with E-state index in [9.17, 15) is 0 Å². The summed E-state index contributed by atoms with van der Waals surface area (Å²) >= 11 is 11.6. The Morgan fingerprint density at radius 1 is 0.421 bits per heavy atom. The first-order valence-corrected chi connectivity index (χ1v) is 27.4. The second kappa shape index (κ2) is 23.2. The fourth-order valence-electron chi connectivity index (χ4n) is 10.9. The van der Waals surface area contributed by atoms with Gasteiger partial charge in [-0.05, 0) is 140 Å². The Morgan fingerprint density at radius 3 is 0.921 bits per heavy atom. The zero-order valence-corrected chi connectivity index (χ0v) is 50.2. The molecule has 0 bridgehead atoms. The molecular formula is C66H54Br3IrN6. The average Bonchev–Trinajstić information content (AvgIpc) is 3.41. The van der Waals surface area contributed by atoms with Crippen LogP contribution >= 0.6 is 47.8 Å². The van der Waals surface area contributed by atoms with E-state index in [2.05, 4.69) is 235 Å². The zero-order chi connectivity index (χ0) is 52.3. The number of halogens is 3. The van der Waals surface area contributed by atoms with Gasteiger partial charge in [-0.15, -0.1) is 71.3 Å². The molecule has 9 aromatic rings. The van der Waals surface area contributed by atoms with Crippen LogP contribution in [0.1, 0.15) is 56.7 Å². The normalized spacial score (nSPS) is 18.6. The van der Waals surface area contributed by atoms with Crippen LogP contribution in [0, 0.1) is 55.2 Å². The monoisotopic (exact) mass is 1360 g/mol. The van der Waals surface area contributed by atoms with Crippen LogP contribution in [0.3, 0.4) is 0 Å². The molecule has 10 heteroatoms. The summed E-state index contributed by atoms with van der Waals surface area (Å²) < 4.78 is 2.61. The van der Waals surface area contributed by atoms with Crippen molar-refractivity contribution in [2.45, 2.75) is 60.8 Å². The molecular weight excluding hydrogens is 1310 g/mol. The molecule has 10 rings (SSSR count). The molecule has 0 aliphatic heterocycles. The Kier molecular flexibility index (Phi) is 16.7. The maximum absolute atomic E-state index is 5.19. The minimum Gasteiger partial charge on any atom is -0.308 e. The third-order valence-electron chi connectivity index (χ3n) is 14.0. The molecule has 0 unspecified atom stereocenters. The van der Waals surface area contributed by atoms with Crippen LogP contribution in [-0.4, -0.2) is 33.6 Å². The van der Waals surface area contributed by atoms with Gasteiger partial charge in [-0.25, -0.2) is 0 Å². The van der Waals surface area contributed by atoms with Crippen molar-refractivity contribution in [3.63, 3.8) is 0 Å². The molecule has 1 aliphatic rings. The van der Waals surface area contributed by atoms with Gasteiger partial charge in [0.1, 0.15) is 0 Å². The van der Waals surface area contributed by atoms with Crippen molar-refractivity contribution in [2.24, 2.45) is 31.2 Å². The van der Waals surface area contributed by atoms with Crippen LogP contribution < -0.4 is 0 Å². The Bertz CT molecular complexity index is 3270. The Labute approximate surface area is 486 Å². The van der Waals surface area contributed by atoms with E-state index < -0.39 is 0 Å². The minimum absolute atomic E-state index is 0. The molecule has 6 nitrogen and oxygen atoms in total. The summed E-state index contributed by atoms with van der Waals surface area (Å²) in [7, 11) is 0. The summed E-state index contributed by atoms with van der Waals surface area (Å²) in [6.07, 6.45) is 14.7. The SMILES string of the molecule is Cc1cc(-c2[c-]cc(N=CC3(C)CC(C)(C=Nc4c[c-]c(-c5cc(C)c(-c6ccccc6)cn5)cc4Br)CC(C)(C=Nc4c[c-]c(-c5cc(C)c(-c6ccccc6)cn5)cc4Br)C3)c(Br)c2)ncc1-c1ccccc1.[Ir+3]. The van der Waals surface area contributed by atoms with Gasteiger partial charge in [0.15, 0.2) is 0 Å². The number of pyridine rings is 3. The van der Waals surface area contributed by atoms with Gasteiger partial charge in [-0.1, -0.05) is 178 Å². The molecule has 0 spiro atoms. The van der Waals surface area contributed by atoms with Crippen LogP contribution in [0.2, 0.25) is 0 Å². The van der Waals surface area contributed by atoms with Gasteiger partial charge in [0.2, 0.25) is 0 Å². The van der Waals surface area contributed by atoms with E-state index in [4.69, 9.17) is 29.9 Å². The number of aliphatic imine (C=N–C) groups is 3. The molecule has 1 aliphatic carbocycles. The zero-order valence-electron chi connectivity index (χ0n) is 43.1. The van der Waals surface area contributed by atoms with Gasteiger partial charge in [0.05, 0.1) is 0 Å². The van der Waals surface area contributed by atoms with Crippen molar-refractivity contribution in [2.75, 3.05) is 0 Å². The molecule has 0 amide bonds. The van der Waals surface area contributed by atoms with Gasteiger partial charge < -0.3 is 29.9 Å². The number of aromatic nitrogens is 3. The van der Waals surface area contributed by atoms with E-state index in [0.29, 0.717) is 0 Å². The van der Waals surface area contributed by atoms with Crippen molar-refractivity contribution in [1.29, 1.82) is 0 Å². The number of rotatable bonds is 12. The molecule has 378 valence electrons. The van der Waals surface area contributed by atoms with Crippen LogP contribution in [0.5, 0.6) is 0 Å². The van der Waals surface area contributed by atoms with Crippen LogP contribution in [0.4, 0.5) is 17.1 Å². The Hall–Kier alpha value is -6.13. The maximum Gasteiger partial charge on any atom is 3.00 e. The standard InChI is InChI=1S/C66H54Br3N6.Ir/c1-43-28-61(70-34-52(43)46-16-10-7-11-17-46)49-22-25-58(55(67)31-49)73-40-64(4)37-65(5,41-74-59-26-23-50(32-56(59)68)62-29-44(2)53(35-71-62)47-18-12-8-13-19-47)39-66(6,38-64)42-75-60-27-24-51(33-57(60)69)63-30-45(3)54(36-72-63)48-20-14-9-15-21-48;/h7-21,25-36,40-42H,37-39H2,1-6H3;/q-3;+3. The molecule has 1 fully saturated rings. The van der Waals surface area contributed by atoms with Gasteiger partial charge in [-0.3, -0.25) is 0 Å². The average molecular weight is 1360 g/mol. The topological polar surface area (TPSA) is 75.8 Å². The molecule has 1 saturated carbocycles. The molecule has 0 saturated heterocycles. The van der Waals surface area contributed by atoms with Gasteiger partial charge >= 0.3 is 20.1 Å². The smallest absolute Gasteiger partial charge is 0.308 e. The number of aryl methyl sites for hydroxylation is 3. The number of nitrogens with zero attached hydrogens (tertiary/aromatic N) is 6. The summed E-state index contributed by atoms with van der Waals surface area (Å²) in [4.78, 5) is 30.1. The predicted octanol–water partition coefficient (Wildman–Crippen LogP) is 19.2. The largest absolute Gasteiger partial charge is 3.00 e. The third-order valence-corrected chi connectivity index (χ3v) is 15.9. The first kappa shape index (κ1) is 54.7. The molecule has 0 atom stereocenters. The molecule has 0 radical (unpaired) electrons. The molecule has 3 aromatic heterocycles. The minimum atomic E-state index is -0.352. The van der Waals surface area contributed by atoms with E-state index in [0.717, 1.165) is 134 Å². The summed E-state index contributed by atoms with van der Waals surface area (Å²) in [5.74, 6) is 0. The van der Waals surface area contributed by atoms with Crippen LogP contribution in [0.15, 0.2) is 193 Å². The van der Waals surface area contributed by atoms with Crippen LogP contribution in [0.25, 0.3) is 67.2 Å². The second-order valence-electron chi connectivity index (χ2n) is 20.8. The summed E-state index contributed by atoms with van der Waals surface area (Å²) in [5.41, 5.74) is 16.9. The Balaban J connectivity index is 0.00000706. The first-order chi connectivity index (χ1) is 36.1. The fourth-order valence-corrected chi connectivity index (χ4v) is 12.2. The van der Waals surface area contributed by atoms with Gasteiger partial charge in [0, 0.05) is 51.5 Å². The van der Waals surface area contributed by atoms with Crippen molar-refractivity contribution in [3.8, 4) is 67.2 Å². The molecule has 0 N–H and O–H groups in total.